The maximum absolute atomic E-state index is 13.6. The number of nitrogens with zero attached hydrogens (tertiary/aromatic N) is 1. The Hall–Kier alpha value is -3.15. The molecular formula is C17H14FN3O2. The molecule has 0 saturated carbocycles. The Morgan fingerprint density at radius 3 is 2.70 bits per heavy atom. The molecule has 0 bridgehead atoms. The van der Waals surface area contributed by atoms with E-state index >= 15 is 0 Å². The summed E-state index contributed by atoms with van der Waals surface area (Å²) in [5.74, 6) is 0.00259. The SMILES string of the molecule is O=C(NCc1ccco1)c1ccc(Nc2ccccc2F)cn1. The number of hydrogen-bond acceptors (Lipinski definition) is 4. The summed E-state index contributed by atoms with van der Waals surface area (Å²) < 4.78 is 18.7. The van der Waals surface area contributed by atoms with Crippen molar-refractivity contribution in [3.8, 4) is 0 Å². The van der Waals surface area contributed by atoms with Gasteiger partial charge in [0.25, 0.3) is 5.91 Å². The van der Waals surface area contributed by atoms with Crippen LogP contribution in [-0.4, -0.2) is 10.9 Å². The molecular weight excluding hydrogens is 297 g/mol. The summed E-state index contributed by atoms with van der Waals surface area (Å²) in [6, 6.07) is 13.1. The summed E-state index contributed by atoms with van der Waals surface area (Å²) in [5.41, 5.74) is 1.22. The van der Waals surface area contributed by atoms with Gasteiger partial charge >= 0.3 is 0 Å². The summed E-state index contributed by atoms with van der Waals surface area (Å²) in [6.45, 7) is 0.294. The van der Waals surface area contributed by atoms with Crippen molar-refractivity contribution < 1.29 is 13.6 Å². The second-order valence-corrected chi connectivity index (χ2v) is 4.80. The van der Waals surface area contributed by atoms with Gasteiger partial charge < -0.3 is 15.1 Å². The molecule has 0 unspecified atom stereocenters. The van der Waals surface area contributed by atoms with Crippen LogP contribution in [0.25, 0.3) is 0 Å². The first-order chi connectivity index (χ1) is 11.2. The van der Waals surface area contributed by atoms with Crippen LogP contribution in [0.5, 0.6) is 0 Å². The van der Waals surface area contributed by atoms with Crippen LogP contribution in [-0.2, 0) is 6.54 Å². The van der Waals surface area contributed by atoms with E-state index in [1.165, 1.54) is 12.3 Å². The highest BCUT2D eigenvalue weighted by molar-refractivity contribution is 5.92. The second-order valence-electron chi connectivity index (χ2n) is 4.80. The zero-order valence-electron chi connectivity index (χ0n) is 12.1. The van der Waals surface area contributed by atoms with Crippen LogP contribution in [0.15, 0.2) is 65.4 Å². The van der Waals surface area contributed by atoms with E-state index in [2.05, 4.69) is 15.6 Å². The number of nitrogens with one attached hydrogen (secondary N) is 2. The first kappa shape index (κ1) is 14.8. The molecule has 2 heterocycles. The molecule has 0 aliphatic carbocycles. The van der Waals surface area contributed by atoms with Gasteiger partial charge in [0.05, 0.1) is 30.4 Å². The van der Waals surface area contributed by atoms with Crippen molar-refractivity contribution >= 4 is 17.3 Å². The molecule has 1 amide bonds. The number of benzene rings is 1. The predicted molar refractivity (Wildman–Crippen MR) is 83.8 cm³/mol. The number of furan rings is 1. The topological polar surface area (TPSA) is 67.2 Å². The Labute approximate surface area is 132 Å². The van der Waals surface area contributed by atoms with Crippen molar-refractivity contribution in [1.29, 1.82) is 0 Å². The van der Waals surface area contributed by atoms with Gasteiger partial charge in [0.2, 0.25) is 0 Å². The van der Waals surface area contributed by atoms with Crippen LogP contribution in [0, 0.1) is 5.82 Å². The largest absolute Gasteiger partial charge is 0.467 e. The van der Waals surface area contributed by atoms with Gasteiger partial charge in [0.1, 0.15) is 17.3 Å². The first-order valence-electron chi connectivity index (χ1n) is 7.00. The quantitative estimate of drug-likeness (QED) is 0.757. The van der Waals surface area contributed by atoms with E-state index < -0.39 is 0 Å². The lowest BCUT2D eigenvalue weighted by atomic mass is 10.2. The molecule has 0 spiro atoms. The Morgan fingerprint density at radius 2 is 2.00 bits per heavy atom. The molecule has 0 aliphatic heterocycles. The average Bonchev–Trinajstić information content (AvgIpc) is 3.09. The van der Waals surface area contributed by atoms with Crippen LogP contribution >= 0.6 is 0 Å². The molecule has 2 aromatic heterocycles. The number of carbonyl (C=O) groups excluding carboxylic acids is 1. The van der Waals surface area contributed by atoms with Crippen LogP contribution in [0.2, 0.25) is 0 Å². The summed E-state index contributed by atoms with van der Waals surface area (Å²) >= 11 is 0. The Morgan fingerprint density at radius 1 is 1.13 bits per heavy atom. The van der Waals surface area contributed by atoms with Gasteiger partial charge in [-0.25, -0.2) is 9.37 Å². The Balaban J connectivity index is 1.62. The second kappa shape index (κ2) is 6.74. The fraction of sp³-hybridized carbons (Fsp3) is 0.0588. The fourth-order valence-electron chi connectivity index (χ4n) is 1.99. The maximum Gasteiger partial charge on any atom is 0.270 e. The zero-order valence-corrected chi connectivity index (χ0v) is 12.1. The molecule has 1 aromatic carbocycles. The summed E-state index contributed by atoms with van der Waals surface area (Å²) in [5, 5.41) is 5.61. The molecule has 0 radical (unpaired) electrons. The lowest BCUT2D eigenvalue weighted by molar-refractivity contribution is 0.0943. The van der Waals surface area contributed by atoms with Crippen molar-refractivity contribution in [2.75, 3.05) is 5.32 Å². The third kappa shape index (κ3) is 3.74. The van der Waals surface area contributed by atoms with E-state index in [0.29, 0.717) is 23.7 Å². The number of halogens is 1. The molecule has 3 rings (SSSR count). The number of hydrogen-bond donors (Lipinski definition) is 2. The summed E-state index contributed by atoms with van der Waals surface area (Å²) in [6.07, 6.45) is 3.02. The highest BCUT2D eigenvalue weighted by Gasteiger charge is 2.08. The van der Waals surface area contributed by atoms with Gasteiger partial charge in [-0.05, 0) is 36.4 Å². The minimum Gasteiger partial charge on any atom is -0.467 e. The van der Waals surface area contributed by atoms with E-state index in [9.17, 15) is 9.18 Å². The number of aromatic nitrogens is 1. The molecule has 0 atom stereocenters. The van der Waals surface area contributed by atoms with Crippen LogP contribution in [0.3, 0.4) is 0 Å². The third-order valence-corrected chi connectivity index (χ3v) is 3.15. The number of anilines is 2. The highest BCUT2D eigenvalue weighted by Crippen LogP contribution is 2.18. The van der Waals surface area contributed by atoms with Crippen molar-refractivity contribution in [2.24, 2.45) is 0 Å². The molecule has 6 heteroatoms. The van der Waals surface area contributed by atoms with E-state index in [0.717, 1.165) is 0 Å². The van der Waals surface area contributed by atoms with Crippen molar-refractivity contribution in [3.63, 3.8) is 0 Å². The Bertz CT molecular complexity index is 786. The Kier molecular flexibility index (Phi) is 4.33. The number of rotatable bonds is 5. The molecule has 23 heavy (non-hydrogen) atoms. The minimum atomic E-state index is -0.354. The molecule has 0 fully saturated rings. The highest BCUT2D eigenvalue weighted by atomic mass is 19.1. The molecule has 0 saturated heterocycles. The molecule has 116 valence electrons. The number of pyridine rings is 1. The number of amides is 1. The maximum atomic E-state index is 13.6. The van der Waals surface area contributed by atoms with Gasteiger partial charge in [-0.15, -0.1) is 0 Å². The van der Waals surface area contributed by atoms with E-state index in [1.54, 1.807) is 48.7 Å². The summed E-state index contributed by atoms with van der Waals surface area (Å²) in [7, 11) is 0. The monoisotopic (exact) mass is 311 g/mol. The third-order valence-electron chi connectivity index (χ3n) is 3.15. The first-order valence-corrected chi connectivity index (χ1v) is 7.00. The van der Waals surface area contributed by atoms with E-state index in [1.807, 2.05) is 0 Å². The van der Waals surface area contributed by atoms with Gasteiger partial charge in [-0.2, -0.15) is 0 Å². The lowest BCUT2D eigenvalue weighted by Gasteiger charge is -2.08. The smallest absolute Gasteiger partial charge is 0.270 e. The number of para-hydroxylation sites is 1. The van der Waals surface area contributed by atoms with Gasteiger partial charge in [0, 0.05) is 0 Å². The van der Waals surface area contributed by atoms with Crippen LogP contribution in [0.1, 0.15) is 16.2 Å². The van der Waals surface area contributed by atoms with Crippen molar-refractivity contribution in [2.45, 2.75) is 6.54 Å². The molecule has 3 aromatic rings. The fourth-order valence-corrected chi connectivity index (χ4v) is 1.99. The molecule has 5 nitrogen and oxygen atoms in total. The van der Waals surface area contributed by atoms with Crippen LogP contribution < -0.4 is 10.6 Å². The lowest BCUT2D eigenvalue weighted by Crippen LogP contribution is -2.23. The molecule has 0 aliphatic rings. The predicted octanol–water partition coefficient (Wildman–Crippen LogP) is 3.49. The van der Waals surface area contributed by atoms with Crippen molar-refractivity contribution in [1.82, 2.24) is 10.3 Å². The average molecular weight is 311 g/mol. The van der Waals surface area contributed by atoms with Crippen LogP contribution in [0.4, 0.5) is 15.8 Å². The minimum absolute atomic E-state index is 0.274. The number of carbonyl (C=O) groups is 1. The molecule has 2 N–H and O–H groups in total. The van der Waals surface area contributed by atoms with E-state index in [-0.39, 0.29) is 17.4 Å². The van der Waals surface area contributed by atoms with Gasteiger partial charge in [-0.1, -0.05) is 12.1 Å². The zero-order chi connectivity index (χ0) is 16.1. The van der Waals surface area contributed by atoms with E-state index in [4.69, 9.17) is 4.42 Å². The van der Waals surface area contributed by atoms with Crippen molar-refractivity contribution in [3.05, 3.63) is 78.3 Å². The standard InChI is InChI=1S/C17H14FN3O2/c18-14-5-1-2-6-15(14)21-12-7-8-16(19-10-12)17(22)20-11-13-4-3-9-23-13/h1-10,21H,11H2,(H,20,22). The normalized spacial score (nSPS) is 10.3. The van der Waals surface area contributed by atoms with Gasteiger partial charge in [-0.3, -0.25) is 4.79 Å². The van der Waals surface area contributed by atoms with Gasteiger partial charge in [0.15, 0.2) is 0 Å². The summed E-state index contributed by atoms with van der Waals surface area (Å²) in [4.78, 5) is 16.0.